The van der Waals surface area contributed by atoms with E-state index in [1.165, 1.54) is 19.3 Å². The quantitative estimate of drug-likeness (QED) is 0.872. The second kappa shape index (κ2) is 4.18. The lowest BCUT2D eigenvalue weighted by Gasteiger charge is -2.30. The smallest absolute Gasteiger partial charge is 0.0899 e. The molecule has 1 aliphatic heterocycles. The van der Waals surface area contributed by atoms with E-state index >= 15 is 0 Å². The van der Waals surface area contributed by atoms with Gasteiger partial charge in [-0.1, -0.05) is 17.7 Å². The van der Waals surface area contributed by atoms with E-state index in [1.54, 1.807) is 0 Å². The van der Waals surface area contributed by atoms with E-state index in [-0.39, 0.29) is 0 Å². The van der Waals surface area contributed by atoms with Gasteiger partial charge in [0, 0.05) is 13.1 Å². The zero-order valence-corrected chi connectivity index (χ0v) is 10.7. The Morgan fingerprint density at radius 3 is 2.41 bits per heavy atom. The van der Waals surface area contributed by atoms with Crippen LogP contribution in [0.15, 0.2) is 18.2 Å². The number of nitrogens with zero attached hydrogens (tertiary/aromatic N) is 1. The highest BCUT2D eigenvalue weighted by atomic mass is 35.5. The maximum atomic E-state index is 10.1. The van der Waals surface area contributed by atoms with Crippen LogP contribution < -0.4 is 4.90 Å². The number of piperidine rings is 1. The molecule has 2 fully saturated rings. The molecule has 2 nitrogen and oxygen atoms in total. The Bertz CT molecular complexity index is 422. The third-order valence-corrected chi connectivity index (χ3v) is 4.21. The number of rotatable bonds is 2. The summed E-state index contributed by atoms with van der Waals surface area (Å²) in [4.78, 5) is 2.35. The third-order valence-electron chi connectivity index (χ3n) is 3.91. The van der Waals surface area contributed by atoms with E-state index in [0.717, 1.165) is 42.2 Å². The van der Waals surface area contributed by atoms with Crippen LogP contribution in [-0.4, -0.2) is 18.2 Å². The fourth-order valence-corrected chi connectivity index (χ4v) is 2.89. The zero-order valence-electron chi connectivity index (χ0n) is 9.95. The fraction of sp³-hybridized carbons (Fsp3) is 0.571. The molecule has 92 valence electrons. The van der Waals surface area contributed by atoms with Crippen molar-refractivity contribution in [1.82, 2.24) is 0 Å². The molecule has 0 spiro atoms. The van der Waals surface area contributed by atoms with E-state index in [2.05, 4.69) is 11.0 Å². The van der Waals surface area contributed by atoms with Gasteiger partial charge in [0.05, 0.1) is 16.3 Å². The van der Waals surface area contributed by atoms with Crippen molar-refractivity contribution in [3.05, 3.63) is 28.8 Å². The summed E-state index contributed by atoms with van der Waals surface area (Å²) < 4.78 is 0. The van der Waals surface area contributed by atoms with Crippen LogP contribution >= 0.6 is 11.6 Å². The molecule has 1 saturated carbocycles. The van der Waals surface area contributed by atoms with Crippen LogP contribution in [0.3, 0.4) is 0 Å². The van der Waals surface area contributed by atoms with E-state index in [9.17, 15) is 5.11 Å². The fourth-order valence-electron chi connectivity index (χ4n) is 2.59. The molecule has 3 heteroatoms. The van der Waals surface area contributed by atoms with Crippen LogP contribution in [0.1, 0.15) is 37.7 Å². The van der Waals surface area contributed by atoms with Crippen LogP contribution in [0, 0.1) is 0 Å². The van der Waals surface area contributed by atoms with Crippen molar-refractivity contribution in [3.8, 4) is 0 Å². The molecule has 1 heterocycles. The maximum absolute atomic E-state index is 10.1. The number of hydrogen-bond acceptors (Lipinski definition) is 2. The maximum Gasteiger partial charge on any atom is 0.0899 e. The number of anilines is 1. The molecule has 1 N–H and O–H groups in total. The van der Waals surface area contributed by atoms with E-state index in [1.807, 2.05) is 12.1 Å². The first-order valence-electron chi connectivity index (χ1n) is 6.46. The second-order valence-electron chi connectivity index (χ2n) is 5.25. The molecular formula is C14H18ClNO. The molecule has 3 rings (SSSR count). The summed E-state index contributed by atoms with van der Waals surface area (Å²) in [5.41, 5.74) is 1.52. The Morgan fingerprint density at radius 1 is 1.12 bits per heavy atom. The average molecular weight is 252 g/mol. The van der Waals surface area contributed by atoms with Gasteiger partial charge < -0.3 is 10.0 Å². The summed E-state index contributed by atoms with van der Waals surface area (Å²) in [6.45, 7) is 2.20. The van der Waals surface area contributed by atoms with E-state index < -0.39 is 5.60 Å². The highest BCUT2D eigenvalue weighted by molar-refractivity contribution is 6.33. The van der Waals surface area contributed by atoms with Gasteiger partial charge >= 0.3 is 0 Å². The largest absolute Gasteiger partial charge is 0.385 e. The molecule has 1 aromatic rings. The van der Waals surface area contributed by atoms with Crippen molar-refractivity contribution >= 4 is 17.3 Å². The van der Waals surface area contributed by atoms with Crippen molar-refractivity contribution in [2.24, 2.45) is 0 Å². The zero-order chi connectivity index (χ0) is 11.9. The predicted molar refractivity (Wildman–Crippen MR) is 70.6 cm³/mol. The first-order valence-corrected chi connectivity index (χ1v) is 6.84. The van der Waals surface area contributed by atoms with Gasteiger partial charge in [-0.15, -0.1) is 0 Å². The minimum atomic E-state index is -0.579. The van der Waals surface area contributed by atoms with Gasteiger partial charge in [-0.25, -0.2) is 0 Å². The van der Waals surface area contributed by atoms with Crippen LogP contribution in [-0.2, 0) is 5.60 Å². The Labute approximate surface area is 107 Å². The van der Waals surface area contributed by atoms with Crippen molar-refractivity contribution in [2.45, 2.75) is 37.7 Å². The van der Waals surface area contributed by atoms with Gasteiger partial charge in [-0.2, -0.15) is 0 Å². The van der Waals surface area contributed by atoms with Gasteiger partial charge in [-0.3, -0.25) is 0 Å². The molecule has 17 heavy (non-hydrogen) atoms. The molecule has 1 aliphatic carbocycles. The molecule has 1 aromatic carbocycles. The van der Waals surface area contributed by atoms with Crippen LogP contribution in [0.4, 0.5) is 5.69 Å². The topological polar surface area (TPSA) is 23.5 Å². The van der Waals surface area contributed by atoms with E-state index in [0.29, 0.717) is 0 Å². The number of halogens is 1. The highest BCUT2D eigenvalue weighted by Gasteiger charge is 2.42. The third kappa shape index (κ3) is 2.16. The highest BCUT2D eigenvalue weighted by Crippen LogP contribution is 2.46. The summed E-state index contributed by atoms with van der Waals surface area (Å²) in [7, 11) is 0. The molecule has 1 saturated heterocycles. The minimum absolute atomic E-state index is 0.579. The SMILES string of the molecule is OC1(c2ccc(N3CCCCC3)c(Cl)c2)CC1. The van der Waals surface area contributed by atoms with Gasteiger partial charge in [0.25, 0.3) is 0 Å². The van der Waals surface area contributed by atoms with Crippen LogP contribution in [0.2, 0.25) is 5.02 Å². The summed E-state index contributed by atoms with van der Waals surface area (Å²) in [5, 5.41) is 10.8. The molecule has 0 bridgehead atoms. The van der Waals surface area contributed by atoms with Crippen LogP contribution in [0.5, 0.6) is 0 Å². The molecular weight excluding hydrogens is 234 g/mol. The Balaban J connectivity index is 1.85. The first kappa shape index (κ1) is 11.4. The van der Waals surface area contributed by atoms with Gasteiger partial charge in [0.2, 0.25) is 0 Å². The van der Waals surface area contributed by atoms with Gasteiger partial charge in [0.1, 0.15) is 0 Å². The first-order chi connectivity index (χ1) is 8.19. The monoisotopic (exact) mass is 251 g/mol. The van der Waals surface area contributed by atoms with Crippen LogP contribution in [0.25, 0.3) is 0 Å². The number of aliphatic hydroxyl groups is 1. The molecule has 0 unspecified atom stereocenters. The van der Waals surface area contributed by atoms with Crippen molar-refractivity contribution in [1.29, 1.82) is 0 Å². The number of hydrogen-bond donors (Lipinski definition) is 1. The molecule has 0 atom stereocenters. The van der Waals surface area contributed by atoms with Gasteiger partial charge in [0.15, 0.2) is 0 Å². The summed E-state index contributed by atoms with van der Waals surface area (Å²) in [5.74, 6) is 0. The van der Waals surface area contributed by atoms with E-state index in [4.69, 9.17) is 11.6 Å². The lowest BCUT2D eigenvalue weighted by Crippen LogP contribution is -2.29. The van der Waals surface area contributed by atoms with Crippen molar-refractivity contribution in [3.63, 3.8) is 0 Å². The molecule has 2 aliphatic rings. The Kier molecular flexibility index (Phi) is 2.80. The number of benzene rings is 1. The standard InChI is InChI=1S/C14H18ClNO/c15-12-10-11(14(17)6-7-14)4-5-13(12)16-8-2-1-3-9-16/h4-5,10,17H,1-3,6-9H2. The van der Waals surface area contributed by atoms with Gasteiger partial charge in [-0.05, 0) is 49.8 Å². The lowest BCUT2D eigenvalue weighted by molar-refractivity contribution is 0.151. The Morgan fingerprint density at radius 2 is 1.82 bits per heavy atom. The second-order valence-corrected chi connectivity index (χ2v) is 5.65. The lowest BCUT2D eigenvalue weighted by atomic mass is 10.1. The average Bonchev–Trinajstić information content (AvgIpc) is 3.10. The summed E-state index contributed by atoms with van der Waals surface area (Å²) in [6, 6.07) is 6.04. The molecule has 0 amide bonds. The summed E-state index contributed by atoms with van der Waals surface area (Å²) in [6.07, 6.45) is 5.56. The molecule has 0 aromatic heterocycles. The van der Waals surface area contributed by atoms with Crippen molar-refractivity contribution < 1.29 is 5.11 Å². The van der Waals surface area contributed by atoms with Crippen molar-refractivity contribution in [2.75, 3.05) is 18.0 Å². The molecule has 0 radical (unpaired) electrons. The minimum Gasteiger partial charge on any atom is -0.385 e. The normalized spacial score (nSPS) is 22.6. The Hall–Kier alpha value is -0.730. The predicted octanol–water partition coefficient (Wildman–Crippen LogP) is 3.31. The summed E-state index contributed by atoms with van der Waals surface area (Å²) >= 11 is 6.34.